The second kappa shape index (κ2) is 8.39. The van der Waals surface area contributed by atoms with Crippen LogP contribution in [0.2, 0.25) is 0 Å². The molecule has 0 bridgehead atoms. The smallest absolute Gasteiger partial charge is 0.256 e. The Balaban J connectivity index is 1.65. The van der Waals surface area contributed by atoms with E-state index < -0.39 is 13.0 Å². The molecule has 1 saturated heterocycles. The van der Waals surface area contributed by atoms with Crippen molar-refractivity contribution in [3.8, 4) is 5.88 Å². The highest BCUT2D eigenvalue weighted by Crippen LogP contribution is 2.32. The van der Waals surface area contributed by atoms with Crippen LogP contribution >= 0.6 is 11.3 Å². The number of rotatable bonds is 7. The van der Waals surface area contributed by atoms with Crippen LogP contribution in [0.25, 0.3) is 10.9 Å². The van der Waals surface area contributed by atoms with Gasteiger partial charge in [-0.15, -0.1) is 11.3 Å². The fraction of sp³-hybridized carbons (Fsp3) is 0.350. The Morgan fingerprint density at radius 2 is 2.37 bits per heavy atom. The summed E-state index contributed by atoms with van der Waals surface area (Å²) in [6.07, 6.45) is 2.56. The van der Waals surface area contributed by atoms with Crippen LogP contribution in [0.4, 0.5) is 19.7 Å². The average molecular weight is 433 g/mol. The monoisotopic (exact) mass is 433 g/mol. The fourth-order valence-electron chi connectivity index (χ4n) is 3.45. The Labute approximate surface area is 176 Å². The number of aryl methyl sites for hydroxylation is 1. The molecule has 1 N–H and O–H groups in total. The first-order chi connectivity index (χ1) is 14.4. The van der Waals surface area contributed by atoms with Gasteiger partial charge in [-0.2, -0.15) is 4.98 Å². The predicted molar refractivity (Wildman–Crippen MR) is 112 cm³/mol. The van der Waals surface area contributed by atoms with E-state index in [9.17, 15) is 13.6 Å². The molecule has 1 amide bonds. The maximum absolute atomic E-state index is 13.0. The third-order valence-electron chi connectivity index (χ3n) is 4.83. The largest absolute Gasteiger partial charge is 0.472 e. The number of amides is 1. The number of anilines is 2. The number of ether oxygens (including phenoxy) is 1. The molecule has 1 unspecified atom stereocenters. The SMILES string of the molecule is C=CC(=O)N1CCC(Oc2nc(Nc3ncc(C)s3)cc3c2ccn3CC(F)F)C1. The number of hydrogen-bond donors (Lipinski definition) is 1. The van der Waals surface area contributed by atoms with Gasteiger partial charge in [0.2, 0.25) is 11.8 Å². The number of carbonyl (C=O) groups is 1. The summed E-state index contributed by atoms with van der Waals surface area (Å²) in [7, 11) is 0. The number of thiazole rings is 1. The molecule has 0 aliphatic carbocycles. The average Bonchev–Trinajstić information content (AvgIpc) is 3.42. The molecule has 1 atom stereocenters. The van der Waals surface area contributed by atoms with Crippen molar-refractivity contribution in [2.75, 3.05) is 18.4 Å². The molecule has 4 heterocycles. The number of pyridine rings is 1. The molecule has 3 aromatic heterocycles. The highest BCUT2D eigenvalue weighted by atomic mass is 32.1. The standard InChI is InChI=1S/C20H21F2N5O2S/c1-3-18(28)27-6-4-13(10-27)29-19-14-5-7-26(11-16(21)22)15(14)8-17(24-19)25-20-23-9-12(2)30-20/h3,5,7-9,13,16H,1,4,6,10-11H2,2H3,(H,23,24,25). The lowest BCUT2D eigenvalue weighted by Crippen LogP contribution is -2.29. The topological polar surface area (TPSA) is 72.3 Å². The van der Waals surface area contributed by atoms with Gasteiger partial charge in [-0.3, -0.25) is 4.79 Å². The van der Waals surface area contributed by atoms with E-state index in [-0.39, 0.29) is 12.0 Å². The van der Waals surface area contributed by atoms with Gasteiger partial charge in [0.25, 0.3) is 6.43 Å². The van der Waals surface area contributed by atoms with E-state index in [1.165, 1.54) is 22.0 Å². The lowest BCUT2D eigenvalue weighted by atomic mass is 10.3. The normalized spacial score (nSPS) is 16.4. The minimum absolute atomic E-state index is 0.142. The van der Waals surface area contributed by atoms with Crippen LogP contribution in [0, 0.1) is 6.92 Å². The Kier molecular flexibility index (Phi) is 5.67. The Morgan fingerprint density at radius 1 is 1.53 bits per heavy atom. The summed E-state index contributed by atoms with van der Waals surface area (Å²) < 4.78 is 33.6. The summed E-state index contributed by atoms with van der Waals surface area (Å²) in [6, 6.07) is 3.43. The van der Waals surface area contributed by atoms with Gasteiger partial charge < -0.3 is 19.5 Å². The molecule has 4 rings (SSSR count). The van der Waals surface area contributed by atoms with E-state index in [2.05, 4.69) is 21.9 Å². The van der Waals surface area contributed by atoms with Gasteiger partial charge in [0.05, 0.1) is 24.0 Å². The highest BCUT2D eigenvalue weighted by molar-refractivity contribution is 7.15. The van der Waals surface area contributed by atoms with Crippen molar-refractivity contribution in [1.82, 2.24) is 19.4 Å². The summed E-state index contributed by atoms with van der Waals surface area (Å²) in [6.45, 7) is 6.03. The van der Waals surface area contributed by atoms with Crippen molar-refractivity contribution in [2.24, 2.45) is 0 Å². The van der Waals surface area contributed by atoms with Crippen LogP contribution in [0.15, 0.2) is 37.2 Å². The number of halogens is 2. The molecule has 1 aliphatic heterocycles. The van der Waals surface area contributed by atoms with Crippen LogP contribution in [0.5, 0.6) is 5.88 Å². The zero-order chi connectivity index (χ0) is 21.3. The molecule has 0 radical (unpaired) electrons. The quantitative estimate of drug-likeness (QED) is 0.571. The first kappa shape index (κ1) is 20.3. The molecule has 158 valence electrons. The highest BCUT2D eigenvalue weighted by Gasteiger charge is 2.27. The molecule has 1 aliphatic rings. The predicted octanol–water partition coefficient (Wildman–Crippen LogP) is 3.98. The molecule has 30 heavy (non-hydrogen) atoms. The lowest BCUT2D eigenvalue weighted by Gasteiger charge is -2.16. The van der Waals surface area contributed by atoms with Crippen molar-refractivity contribution in [2.45, 2.75) is 32.4 Å². The third kappa shape index (κ3) is 4.28. The van der Waals surface area contributed by atoms with Gasteiger partial charge in [-0.05, 0) is 19.1 Å². The molecule has 1 fully saturated rings. The van der Waals surface area contributed by atoms with E-state index in [4.69, 9.17) is 4.74 Å². The summed E-state index contributed by atoms with van der Waals surface area (Å²) in [5.74, 6) is 0.657. The summed E-state index contributed by atoms with van der Waals surface area (Å²) in [5.41, 5.74) is 0.591. The van der Waals surface area contributed by atoms with Crippen molar-refractivity contribution < 1.29 is 18.3 Å². The van der Waals surface area contributed by atoms with Crippen molar-refractivity contribution in [3.05, 3.63) is 42.1 Å². The Bertz CT molecular complexity index is 1080. The second-order valence-electron chi connectivity index (χ2n) is 7.02. The number of hydrogen-bond acceptors (Lipinski definition) is 6. The van der Waals surface area contributed by atoms with Gasteiger partial charge >= 0.3 is 0 Å². The summed E-state index contributed by atoms with van der Waals surface area (Å²) >= 11 is 1.47. The molecule has 7 nitrogen and oxygen atoms in total. The van der Waals surface area contributed by atoms with Gasteiger partial charge in [-0.1, -0.05) is 6.58 Å². The minimum atomic E-state index is -2.48. The van der Waals surface area contributed by atoms with E-state index in [0.29, 0.717) is 47.2 Å². The number of likely N-dealkylation sites (tertiary alicyclic amines) is 1. The van der Waals surface area contributed by atoms with E-state index in [1.54, 1.807) is 29.4 Å². The first-order valence-corrected chi connectivity index (χ1v) is 10.3. The van der Waals surface area contributed by atoms with Gasteiger partial charge in [0.15, 0.2) is 5.13 Å². The maximum atomic E-state index is 13.0. The number of fused-ring (bicyclic) bond motifs is 1. The first-order valence-electron chi connectivity index (χ1n) is 9.48. The Morgan fingerprint density at radius 3 is 3.07 bits per heavy atom. The minimum Gasteiger partial charge on any atom is -0.472 e. The molecular formula is C20H21F2N5O2S. The number of alkyl halides is 2. The van der Waals surface area contributed by atoms with E-state index in [0.717, 1.165) is 4.88 Å². The van der Waals surface area contributed by atoms with Gasteiger partial charge in [0.1, 0.15) is 11.9 Å². The van der Waals surface area contributed by atoms with Crippen molar-refractivity contribution >= 4 is 39.1 Å². The maximum Gasteiger partial charge on any atom is 0.256 e. The van der Waals surface area contributed by atoms with Gasteiger partial charge in [0, 0.05) is 36.3 Å². The second-order valence-corrected chi connectivity index (χ2v) is 8.26. The van der Waals surface area contributed by atoms with Crippen LogP contribution in [0.3, 0.4) is 0 Å². The van der Waals surface area contributed by atoms with Gasteiger partial charge in [-0.25, -0.2) is 13.8 Å². The zero-order valence-electron chi connectivity index (χ0n) is 16.3. The number of nitrogens with zero attached hydrogens (tertiary/aromatic N) is 4. The zero-order valence-corrected chi connectivity index (χ0v) is 17.2. The van der Waals surface area contributed by atoms with E-state index in [1.807, 2.05) is 6.92 Å². The summed E-state index contributed by atoms with van der Waals surface area (Å²) in [4.78, 5) is 23.4. The molecule has 0 spiro atoms. The van der Waals surface area contributed by atoms with Crippen molar-refractivity contribution in [3.63, 3.8) is 0 Å². The Hall–Kier alpha value is -3.01. The molecule has 0 aromatic carbocycles. The van der Waals surface area contributed by atoms with Crippen molar-refractivity contribution in [1.29, 1.82) is 0 Å². The van der Waals surface area contributed by atoms with Crippen LogP contribution < -0.4 is 10.1 Å². The molecule has 3 aromatic rings. The number of carbonyl (C=O) groups excluding carboxylic acids is 1. The molecular weight excluding hydrogens is 412 g/mol. The van der Waals surface area contributed by atoms with Crippen LogP contribution in [-0.2, 0) is 11.3 Å². The van der Waals surface area contributed by atoms with E-state index >= 15 is 0 Å². The molecule has 0 saturated carbocycles. The van der Waals surface area contributed by atoms with Crippen LogP contribution in [-0.4, -0.2) is 51.0 Å². The van der Waals surface area contributed by atoms with Crippen LogP contribution in [0.1, 0.15) is 11.3 Å². The molecule has 10 heteroatoms. The fourth-order valence-corrected chi connectivity index (χ4v) is 4.12. The third-order valence-corrected chi connectivity index (χ3v) is 5.66. The summed E-state index contributed by atoms with van der Waals surface area (Å²) in [5, 5.41) is 4.42. The number of nitrogens with one attached hydrogen (secondary N) is 1. The number of aromatic nitrogens is 3. The lowest BCUT2D eigenvalue weighted by molar-refractivity contribution is -0.125.